The second-order valence-corrected chi connectivity index (χ2v) is 6.82. The molecule has 0 aliphatic carbocycles. The van der Waals surface area contributed by atoms with Crippen molar-refractivity contribution in [2.45, 2.75) is 26.2 Å². The van der Waals surface area contributed by atoms with E-state index in [1.807, 2.05) is 20.8 Å². The van der Waals surface area contributed by atoms with Gasteiger partial charge in [-0.25, -0.2) is 18.7 Å². The van der Waals surface area contributed by atoms with E-state index >= 15 is 0 Å². The van der Waals surface area contributed by atoms with E-state index in [1.165, 1.54) is 6.07 Å². The summed E-state index contributed by atoms with van der Waals surface area (Å²) >= 11 is 8.21. The molecule has 1 heterocycles. The van der Waals surface area contributed by atoms with Crippen molar-refractivity contribution >= 4 is 34.2 Å². The van der Waals surface area contributed by atoms with Gasteiger partial charge >= 0.3 is 0 Å². The highest BCUT2D eigenvalue weighted by molar-refractivity contribution is 14.1. The van der Waals surface area contributed by atoms with Crippen molar-refractivity contribution in [3.8, 4) is 11.4 Å². The van der Waals surface area contributed by atoms with Gasteiger partial charge in [-0.2, -0.15) is 0 Å². The molecule has 0 amide bonds. The van der Waals surface area contributed by atoms with Crippen molar-refractivity contribution in [3.63, 3.8) is 0 Å². The number of halogens is 4. The van der Waals surface area contributed by atoms with Crippen LogP contribution in [0.3, 0.4) is 0 Å². The highest BCUT2D eigenvalue weighted by Gasteiger charge is 2.23. The summed E-state index contributed by atoms with van der Waals surface area (Å²) in [4.78, 5) is 8.60. The van der Waals surface area contributed by atoms with Gasteiger partial charge in [0.05, 0.1) is 9.26 Å². The summed E-state index contributed by atoms with van der Waals surface area (Å²) in [6, 6.07) is 3.56. The first-order chi connectivity index (χ1) is 9.20. The van der Waals surface area contributed by atoms with E-state index in [0.717, 1.165) is 21.4 Å². The summed E-state index contributed by atoms with van der Waals surface area (Å²) in [6.45, 7) is 6.01. The molecule has 0 radical (unpaired) electrons. The molecule has 6 heteroatoms. The Labute approximate surface area is 134 Å². The minimum Gasteiger partial charge on any atom is -0.231 e. The summed E-state index contributed by atoms with van der Waals surface area (Å²) in [6.07, 6.45) is 0. The van der Waals surface area contributed by atoms with Crippen LogP contribution in [-0.2, 0) is 5.41 Å². The molecule has 0 bridgehead atoms. The third kappa shape index (κ3) is 3.09. The second-order valence-electron chi connectivity index (χ2n) is 5.38. The van der Waals surface area contributed by atoms with Gasteiger partial charge in [0.2, 0.25) is 0 Å². The van der Waals surface area contributed by atoms with Crippen LogP contribution in [0.15, 0.2) is 18.2 Å². The van der Waals surface area contributed by atoms with Crippen molar-refractivity contribution in [2.24, 2.45) is 0 Å². The fraction of sp³-hybridized carbons (Fsp3) is 0.286. The van der Waals surface area contributed by atoms with Crippen LogP contribution in [0, 0.1) is 15.2 Å². The van der Waals surface area contributed by atoms with Gasteiger partial charge in [0.15, 0.2) is 17.5 Å². The van der Waals surface area contributed by atoms with Crippen molar-refractivity contribution in [3.05, 3.63) is 44.3 Å². The van der Waals surface area contributed by atoms with Gasteiger partial charge in [0, 0.05) is 11.0 Å². The maximum atomic E-state index is 13.3. The molecular weight excluding hydrogens is 397 g/mol. The van der Waals surface area contributed by atoms with Crippen LogP contribution in [0.1, 0.15) is 26.5 Å². The summed E-state index contributed by atoms with van der Waals surface area (Å²) in [5.74, 6) is -1.54. The minimum absolute atomic E-state index is 0.226. The predicted octanol–water partition coefficient (Wildman–Crippen LogP) is 4.98. The van der Waals surface area contributed by atoms with Gasteiger partial charge in [-0.05, 0) is 40.8 Å². The lowest BCUT2D eigenvalue weighted by Gasteiger charge is -2.20. The molecular formula is C14H12ClF2IN2. The molecule has 2 aromatic rings. The van der Waals surface area contributed by atoms with Crippen molar-refractivity contribution < 1.29 is 8.78 Å². The maximum Gasteiger partial charge on any atom is 0.161 e. The summed E-state index contributed by atoms with van der Waals surface area (Å²) in [5, 5.41) is 0.310. The third-order valence-corrected chi connectivity index (χ3v) is 4.31. The van der Waals surface area contributed by atoms with Crippen molar-refractivity contribution in [1.82, 2.24) is 9.97 Å². The Kier molecular flexibility index (Phi) is 4.30. The minimum atomic E-state index is -0.932. The van der Waals surface area contributed by atoms with E-state index in [1.54, 1.807) is 0 Å². The van der Waals surface area contributed by atoms with Crippen LogP contribution in [0.2, 0.25) is 5.15 Å². The molecule has 0 saturated heterocycles. The molecule has 0 aliphatic heterocycles. The normalized spacial score (nSPS) is 11.8. The van der Waals surface area contributed by atoms with Crippen LogP contribution >= 0.6 is 34.2 Å². The maximum absolute atomic E-state index is 13.3. The molecule has 20 heavy (non-hydrogen) atoms. The largest absolute Gasteiger partial charge is 0.231 e. The zero-order valence-corrected chi connectivity index (χ0v) is 14.1. The topological polar surface area (TPSA) is 25.8 Å². The molecule has 2 nitrogen and oxygen atoms in total. The molecule has 0 atom stereocenters. The van der Waals surface area contributed by atoms with E-state index < -0.39 is 11.6 Å². The third-order valence-electron chi connectivity index (χ3n) is 2.70. The van der Waals surface area contributed by atoms with Crippen LogP contribution in [0.4, 0.5) is 8.78 Å². The molecule has 0 fully saturated rings. The Morgan fingerprint density at radius 2 is 1.75 bits per heavy atom. The average molecular weight is 409 g/mol. The first-order valence-electron chi connectivity index (χ1n) is 5.89. The van der Waals surface area contributed by atoms with E-state index in [-0.39, 0.29) is 5.41 Å². The number of hydrogen-bond donors (Lipinski definition) is 0. The first kappa shape index (κ1) is 15.6. The van der Waals surface area contributed by atoms with Crippen LogP contribution in [0.5, 0.6) is 0 Å². The number of rotatable bonds is 1. The lowest BCUT2D eigenvalue weighted by molar-refractivity contribution is 0.509. The highest BCUT2D eigenvalue weighted by Crippen LogP contribution is 2.31. The zero-order chi connectivity index (χ0) is 15.1. The van der Waals surface area contributed by atoms with Gasteiger partial charge in [-0.15, -0.1) is 0 Å². The Hall–Kier alpha value is -0.820. The summed E-state index contributed by atoms with van der Waals surface area (Å²) < 4.78 is 27.1. The van der Waals surface area contributed by atoms with E-state index in [4.69, 9.17) is 11.6 Å². The molecule has 0 spiro atoms. The summed E-state index contributed by atoms with van der Waals surface area (Å²) in [7, 11) is 0. The fourth-order valence-electron chi connectivity index (χ4n) is 1.68. The molecule has 1 aromatic heterocycles. The smallest absolute Gasteiger partial charge is 0.161 e. The fourth-order valence-corrected chi connectivity index (χ4v) is 2.90. The molecule has 0 saturated carbocycles. The Balaban J connectivity index is 2.63. The Morgan fingerprint density at radius 3 is 2.30 bits per heavy atom. The van der Waals surface area contributed by atoms with E-state index in [2.05, 4.69) is 32.6 Å². The van der Waals surface area contributed by atoms with Gasteiger partial charge in [0.1, 0.15) is 5.15 Å². The van der Waals surface area contributed by atoms with Gasteiger partial charge < -0.3 is 0 Å². The average Bonchev–Trinajstić information content (AvgIpc) is 2.34. The molecule has 0 N–H and O–H groups in total. The summed E-state index contributed by atoms with van der Waals surface area (Å²) in [5.41, 5.74) is 0.946. The Morgan fingerprint density at radius 1 is 1.10 bits per heavy atom. The molecule has 2 rings (SSSR count). The quantitative estimate of drug-likeness (QED) is 0.491. The SMILES string of the molecule is CC(C)(C)c1nc(-c2ccc(F)c(F)c2)nc(Cl)c1I. The van der Waals surface area contributed by atoms with Crippen LogP contribution in [0.25, 0.3) is 11.4 Å². The second kappa shape index (κ2) is 5.52. The molecule has 0 unspecified atom stereocenters. The van der Waals surface area contributed by atoms with Crippen LogP contribution in [-0.4, -0.2) is 9.97 Å². The zero-order valence-electron chi connectivity index (χ0n) is 11.1. The standard InChI is InChI=1S/C14H12ClF2IN2/c1-14(2,3)11-10(18)12(15)20-13(19-11)7-4-5-8(16)9(17)6-7/h4-6H,1-3H3. The van der Waals surface area contributed by atoms with E-state index in [9.17, 15) is 8.78 Å². The molecule has 0 aliphatic rings. The van der Waals surface area contributed by atoms with Gasteiger partial charge in [-0.3, -0.25) is 0 Å². The predicted molar refractivity (Wildman–Crippen MR) is 83.8 cm³/mol. The van der Waals surface area contributed by atoms with E-state index in [0.29, 0.717) is 16.5 Å². The highest BCUT2D eigenvalue weighted by atomic mass is 127. The first-order valence-corrected chi connectivity index (χ1v) is 7.35. The molecule has 1 aromatic carbocycles. The number of benzene rings is 1. The monoisotopic (exact) mass is 408 g/mol. The van der Waals surface area contributed by atoms with Crippen molar-refractivity contribution in [1.29, 1.82) is 0 Å². The number of hydrogen-bond acceptors (Lipinski definition) is 2. The van der Waals surface area contributed by atoms with Crippen LogP contribution < -0.4 is 0 Å². The van der Waals surface area contributed by atoms with Gasteiger partial charge in [-0.1, -0.05) is 32.4 Å². The van der Waals surface area contributed by atoms with Gasteiger partial charge in [0.25, 0.3) is 0 Å². The van der Waals surface area contributed by atoms with Crippen molar-refractivity contribution in [2.75, 3.05) is 0 Å². The lowest BCUT2D eigenvalue weighted by Crippen LogP contribution is -2.17. The Bertz CT molecular complexity index is 669. The number of nitrogens with zero attached hydrogens (tertiary/aromatic N) is 2. The lowest BCUT2D eigenvalue weighted by atomic mass is 9.92. The molecule has 106 valence electrons. The number of aromatic nitrogens is 2.